The van der Waals surface area contributed by atoms with Crippen LogP contribution in [0, 0.1) is 19.7 Å². The molecular weight excluding hydrogens is 249 g/mol. The molecule has 0 bridgehead atoms. The van der Waals surface area contributed by atoms with E-state index in [1.807, 2.05) is 6.92 Å². The van der Waals surface area contributed by atoms with E-state index in [4.69, 9.17) is 10.8 Å². The number of aliphatic hydroxyl groups excluding tert-OH is 1. The molecule has 14 heavy (non-hydrogen) atoms. The first-order chi connectivity index (χ1) is 6.49. The summed E-state index contributed by atoms with van der Waals surface area (Å²) in [5.41, 5.74) is 7.76. The van der Waals surface area contributed by atoms with Crippen LogP contribution in [0.1, 0.15) is 22.7 Å². The van der Waals surface area contributed by atoms with Crippen LogP contribution in [-0.2, 0) is 0 Å². The molecule has 4 heteroatoms. The van der Waals surface area contributed by atoms with Crippen LogP contribution in [0.5, 0.6) is 0 Å². The second kappa shape index (κ2) is 4.38. The Morgan fingerprint density at radius 3 is 2.57 bits per heavy atom. The number of hydrogen-bond donors (Lipinski definition) is 2. The minimum Gasteiger partial charge on any atom is -0.394 e. The molecule has 1 atom stereocenters. The van der Waals surface area contributed by atoms with Gasteiger partial charge in [0, 0.05) is 4.47 Å². The zero-order valence-electron chi connectivity index (χ0n) is 8.14. The summed E-state index contributed by atoms with van der Waals surface area (Å²) in [4.78, 5) is 0. The largest absolute Gasteiger partial charge is 0.394 e. The maximum Gasteiger partial charge on any atom is 0.127 e. The second-order valence-corrected chi connectivity index (χ2v) is 4.15. The molecule has 1 unspecified atom stereocenters. The number of halogens is 2. The SMILES string of the molecule is Cc1c(F)cc(Br)c(C)c1C(N)CO. The monoisotopic (exact) mass is 261 g/mol. The van der Waals surface area contributed by atoms with E-state index in [2.05, 4.69) is 15.9 Å². The van der Waals surface area contributed by atoms with Crippen molar-refractivity contribution >= 4 is 15.9 Å². The molecule has 1 aromatic carbocycles. The van der Waals surface area contributed by atoms with E-state index >= 15 is 0 Å². The third-order valence-corrected chi connectivity index (χ3v) is 3.17. The first-order valence-electron chi connectivity index (χ1n) is 4.30. The van der Waals surface area contributed by atoms with E-state index in [-0.39, 0.29) is 12.4 Å². The number of benzene rings is 1. The second-order valence-electron chi connectivity index (χ2n) is 3.29. The Labute approximate surface area is 91.1 Å². The Hall–Kier alpha value is -0.450. The minimum atomic E-state index is -0.526. The lowest BCUT2D eigenvalue weighted by molar-refractivity contribution is 0.267. The highest BCUT2D eigenvalue weighted by atomic mass is 79.9. The lowest BCUT2D eigenvalue weighted by atomic mass is 9.96. The lowest BCUT2D eigenvalue weighted by Gasteiger charge is -2.17. The Balaban J connectivity index is 3.39. The summed E-state index contributed by atoms with van der Waals surface area (Å²) >= 11 is 3.25. The number of rotatable bonds is 2. The zero-order valence-corrected chi connectivity index (χ0v) is 9.73. The van der Waals surface area contributed by atoms with E-state index in [9.17, 15) is 4.39 Å². The van der Waals surface area contributed by atoms with Crippen LogP contribution in [0.25, 0.3) is 0 Å². The Kier molecular flexibility index (Phi) is 3.64. The fraction of sp³-hybridized carbons (Fsp3) is 0.400. The molecule has 0 spiro atoms. The van der Waals surface area contributed by atoms with Gasteiger partial charge in [0.1, 0.15) is 5.82 Å². The summed E-state index contributed by atoms with van der Waals surface area (Å²) in [7, 11) is 0. The first-order valence-corrected chi connectivity index (χ1v) is 5.09. The van der Waals surface area contributed by atoms with Crippen molar-refractivity contribution in [3.63, 3.8) is 0 Å². The predicted octanol–water partition coefficient (Wildman–Crippen LogP) is 2.20. The molecule has 3 N–H and O–H groups in total. The number of nitrogens with two attached hydrogens (primary N) is 1. The minimum absolute atomic E-state index is 0.183. The molecule has 0 radical (unpaired) electrons. The van der Waals surface area contributed by atoms with Crippen LogP contribution < -0.4 is 5.73 Å². The molecule has 0 saturated carbocycles. The van der Waals surface area contributed by atoms with Crippen LogP contribution in [-0.4, -0.2) is 11.7 Å². The normalized spacial score (nSPS) is 13.0. The fourth-order valence-corrected chi connectivity index (χ4v) is 1.93. The Bertz CT molecular complexity index is 328. The topological polar surface area (TPSA) is 46.2 Å². The third kappa shape index (κ3) is 1.97. The van der Waals surface area contributed by atoms with Gasteiger partial charge in [-0.3, -0.25) is 0 Å². The van der Waals surface area contributed by atoms with E-state index in [0.717, 1.165) is 5.56 Å². The van der Waals surface area contributed by atoms with Gasteiger partial charge in [0.05, 0.1) is 12.6 Å². The van der Waals surface area contributed by atoms with E-state index in [1.54, 1.807) is 6.92 Å². The van der Waals surface area contributed by atoms with Gasteiger partial charge in [-0.15, -0.1) is 0 Å². The molecule has 0 saturated heterocycles. The molecule has 0 aliphatic heterocycles. The first kappa shape index (κ1) is 11.6. The van der Waals surface area contributed by atoms with E-state index < -0.39 is 6.04 Å². The molecule has 1 rings (SSSR count). The van der Waals surface area contributed by atoms with Crippen LogP contribution in [0.3, 0.4) is 0 Å². The van der Waals surface area contributed by atoms with Crippen LogP contribution >= 0.6 is 15.9 Å². The molecule has 0 aromatic heterocycles. The standard InChI is InChI=1S/C10H13BrFNO/c1-5-7(11)3-8(12)6(2)10(5)9(13)4-14/h3,9,14H,4,13H2,1-2H3. The van der Waals surface area contributed by atoms with Crippen molar-refractivity contribution in [1.82, 2.24) is 0 Å². The van der Waals surface area contributed by atoms with Gasteiger partial charge >= 0.3 is 0 Å². The van der Waals surface area contributed by atoms with Crippen molar-refractivity contribution in [2.75, 3.05) is 6.61 Å². The quantitative estimate of drug-likeness (QED) is 0.858. The molecule has 0 aliphatic rings. The molecule has 0 fully saturated rings. The summed E-state index contributed by atoms with van der Waals surface area (Å²) in [6, 6.07) is 0.889. The lowest BCUT2D eigenvalue weighted by Crippen LogP contribution is -2.18. The third-order valence-electron chi connectivity index (χ3n) is 2.35. The zero-order chi connectivity index (χ0) is 10.9. The van der Waals surface area contributed by atoms with E-state index in [0.29, 0.717) is 15.6 Å². The Morgan fingerprint density at radius 1 is 1.50 bits per heavy atom. The van der Waals surface area contributed by atoms with Crippen molar-refractivity contribution in [2.24, 2.45) is 5.73 Å². The molecule has 2 nitrogen and oxygen atoms in total. The average Bonchev–Trinajstić information content (AvgIpc) is 2.15. The van der Waals surface area contributed by atoms with E-state index in [1.165, 1.54) is 6.07 Å². The van der Waals surface area contributed by atoms with Gasteiger partial charge in [0.15, 0.2) is 0 Å². The van der Waals surface area contributed by atoms with Crippen molar-refractivity contribution in [3.8, 4) is 0 Å². The summed E-state index contributed by atoms with van der Waals surface area (Å²) < 4.78 is 14.0. The van der Waals surface area contributed by atoms with Crippen LogP contribution in [0.4, 0.5) is 4.39 Å². The van der Waals surface area contributed by atoms with Crippen molar-refractivity contribution < 1.29 is 9.50 Å². The maximum absolute atomic E-state index is 13.3. The van der Waals surface area contributed by atoms with Gasteiger partial charge in [0.2, 0.25) is 0 Å². The highest BCUT2D eigenvalue weighted by molar-refractivity contribution is 9.10. The van der Waals surface area contributed by atoms with Gasteiger partial charge < -0.3 is 10.8 Å². The number of hydrogen-bond acceptors (Lipinski definition) is 2. The molecule has 0 aliphatic carbocycles. The molecule has 0 heterocycles. The maximum atomic E-state index is 13.3. The summed E-state index contributed by atoms with van der Waals surface area (Å²) in [6.45, 7) is 3.33. The van der Waals surface area contributed by atoms with Gasteiger partial charge in [0.25, 0.3) is 0 Å². The molecular formula is C10H13BrFNO. The Morgan fingerprint density at radius 2 is 2.07 bits per heavy atom. The van der Waals surface area contributed by atoms with Gasteiger partial charge in [-0.2, -0.15) is 0 Å². The van der Waals surface area contributed by atoms with Crippen LogP contribution in [0.15, 0.2) is 10.5 Å². The smallest absolute Gasteiger partial charge is 0.127 e. The summed E-state index contributed by atoms with van der Waals surface area (Å²) in [6.07, 6.45) is 0. The highest BCUT2D eigenvalue weighted by Crippen LogP contribution is 2.28. The molecule has 78 valence electrons. The van der Waals surface area contributed by atoms with Crippen molar-refractivity contribution in [2.45, 2.75) is 19.9 Å². The average molecular weight is 262 g/mol. The van der Waals surface area contributed by atoms with Gasteiger partial charge in [-0.05, 0) is 36.6 Å². The molecule has 0 amide bonds. The van der Waals surface area contributed by atoms with Crippen molar-refractivity contribution in [1.29, 1.82) is 0 Å². The van der Waals surface area contributed by atoms with Gasteiger partial charge in [-0.25, -0.2) is 4.39 Å². The highest BCUT2D eigenvalue weighted by Gasteiger charge is 2.16. The fourth-order valence-electron chi connectivity index (χ4n) is 1.51. The van der Waals surface area contributed by atoms with Crippen molar-refractivity contribution in [3.05, 3.63) is 33.0 Å². The molecule has 1 aromatic rings. The summed E-state index contributed by atoms with van der Waals surface area (Å²) in [5, 5.41) is 8.96. The summed E-state index contributed by atoms with van der Waals surface area (Å²) in [5.74, 6) is -0.304. The predicted molar refractivity (Wildman–Crippen MR) is 57.6 cm³/mol. The number of aliphatic hydroxyl groups is 1. The van der Waals surface area contributed by atoms with Gasteiger partial charge in [-0.1, -0.05) is 15.9 Å². The van der Waals surface area contributed by atoms with Crippen LogP contribution in [0.2, 0.25) is 0 Å².